The fourth-order valence-corrected chi connectivity index (χ4v) is 8.05. The fraction of sp³-hybridized carbons (Fsp3) is 0.917. The zero-order valence-corrected chi connectivity index (χ0v) is 9.70. The highest BCUT2D eigenvalue weighted by atomic mass is 79.9. The summed E-state index contributed by atoms with van der Waals surface area (Å²) >= 11 is 3.92. The Balaban J connectivity index is 1.92. The molecule has 0 radical (unpaired) electrons. The monoisotopic (exact) mass is 252 g/mol. The zero-order chi connectivity index (χ0) is 9.40. The van der Waals surface area contributed by atoms with Crippen LogP contribution in [0.4, 0.5) is 0 Å². The van der Waals surface area contributed by atoms with E-state index in [0.717, 1.165) is 29.6 Å². The van der Waals surface area contributed by atoms with Crippen molar-refractivity contribution in [2.24, 2.45) is 46.8 Å². The third-order valence-corrected chi connectivity index (χ3v) is 8.22. The molecule has 74 valence electrons. The Morgan fingerprint density at radius 1 is 1.36 bits per heavy atom. The molecular weight excluding hydrogens is 240 g/mol. The lowest BCUT2D eigenvalue weighted by Crippen LogP contribution is -2.37. The smallest absolute Gasteiger partial charge is 0.140 e. The summed E-state index contributed by atoms with van der Waals surface area (Å²) in [6.07, 6.45) is 1.39. The predicted octanol–water partition coefficient (Wildman–Crippen LogP) is 2.10. The van der Waals surface area contributed by atoms with Gasteiger partial charge in [-0.25, -0.2) is 0 Å². The second-order valence-corrected chi connectivity index (χ2v) is 7.40. The van der Waals surface area contributed by atoms with Gasteiger partial charge in [-0.1, -0.05) is 22.9 Å². The van der Waals surface area contributed by atoms with Crippen LogP contribution >= 0.6 is 15.9 Å². The maximum atomic E-state index is 12.2. The van der Waals surface area contributed by atoms with Crippen LogP contribution in [0.5, 0.6) is 0 Å². The van der Waals surface area contributed by atoms with E-state index in [-0.39, 0.29) is 0 Å². The van der Waals surface area contributed by atoms with Gasteiger partial charge in [0.1, 0.15) is 5.78 Å². The molecule has 0 saturated heterocycles. The number of ketones is 1. The number of halogens is 1. The molecule has 0 aromatic rings. The van der Waals surface area contributed by atoms with Crippen LogP contribution < -0.4 is 0 Å². The molecule has 0 spiro atoms. The molecule has 0 amide bonds. The first-order valence-corrected chi connectivity index (χ1v) is 6.76. The molecule has 6 bridgehead atoms. The maximum Gasteiger partial charge on any atom is 0.140 e. The van der Waals surface area contributed by atoms with Gasteiger partial charge in [0.05, 0.1) is 0 Å². The quantitative estimate of drug-likeness (QED) is 0.604. The van der Waals surface area contributed by atoms with E-state index in [2.05, 4.69) is 22.9 Å². The van der Waals surface area contributed by atoms with Gasteiger partial charge in [0.15, 0.2) is 0 Å². The van der Waals surface area contributed by atoms with Crippen molar-refractivity contribution < 1.29 is 4.79 Å². The Bertz CT molecular complexity index is 390. The summed E-state index contributed by atoms with van der Waals surface area (Å²) in [5.41, 5.74) is 0.370. The predicted molar refractivity (Wildman–Crippen MR) is 54.9 cm³/mol. The Kier molecular flexibility index (Phi) is 0.883. The molecular formula is C12H13BrO. The van der Waals surface area contributed by atoms with Crippen molar-refractivity contribution in [3.63, 3.8) is 0 Å². The largest absolute Gasteiger partial charge is 0.299 e. The molecule has 6 aliphatic carbocycles. The molecule has 6 fully saturated rings. The summed E-state index contributed by atoms with van der Waals surface area (Å²) in [6.45, 7) is 2.40. The Hall–Kier alpha value is 0.150. The van der Waals surface area contributed by atoms with E-state index in [1.54, 1.807) is 0 Å². The molecule has 0 unspecified atom stereocenters. The lowest BCUT2D eigenvalue weighted by molar-refractivity contribution is -0.122. The lowest BCUT2D eigenvalue weighted by Gasteiger charge is -2.38. The van der Waals surface area contributed by atoms with Crippen LogP contribution in [0.3, 0.4) is 0 Å². The van der Waals surface area contributed by atoms with Crippen molar-refractivity contribution in [3.05, 3.63) is 0 Å². The van der Waals surface area contributed by atoms with Crippen LogP contribution in [-0.4, -0.2) is 10.6 Å². The van der Waals surface area contributed by atoms with E-state index in [0.29, 0.717) is 27.9 Å². The van der Waals surface area contributed by atoms with Gasteiger partial charge in [0, 0.05) is 16.7 Å². The highest BCUT2D eigenvalue weighted by Gasteiger charge is 2.87. The first kappa shape index (κ1) is 7.43. The van der Waals surface area contributed by atoms with Crippen molar-refractivity contribution in [2.45, 2.75) is 18.2 Å². The summed E-state index contributed by atoms with van der Waals surface area (Å²) in [6, 6.07) is 0. The number of carbonyl (C=O) groups excluding carboxylic acids is 1. The number of carbonyl (C=O) groups is 1. The van der Waals surface area contributed by atoms with Gasteiger partial charge in [-0.05, 0) is 41.4 Å². The highest BCUT2D eigenvalue weighted by Crippen LogP contribution is 2.86. The Morgan fingerprint density at radius 3 is 2.86 bits per heavy atom. The average molecular weight is 253 g/mol. The minimum Gasteiger partial charge on any atom is -0.299 e. The summed E-state index contributed by atoms with van der Waals surface area (Å²) in [7, 11) is 0. The van der Waals surface area contributed by atoms with E-state index in [4.69, 9.17) is 0 Å². The van der Waals surface area contributed by atoms with E-state index in [1.807, 2.05) is 0 Å². The number of rotatable bonds is 0. The summed E-state index contributed by atoms with van der Waals surface area (Å²) in [5.74, 6) is 5.85. The lowest BCUT2D eigenvalue weighted by atomic mass is 9.64. The van der Waals surface area contributed by atoms with E-state index >= 15 is 0 Å². The van der Waals surface area contributed by atoms with Gasteiger partial charge in [-0.15, -0.1) is 0 Å². The molecule has 1 nitrogen and oxygen atoms in total. The minimum absolute atomic E-state index is 0.370. The number of hydrogen-bond donors (Lipinski definition) is 0. The molecule has 0 N–H and O–H groups in total. The van der Waals surface area contributed by atoms with Crippen LogP contribution in [0, 0.1) is 46.8 Å². The number of hydrogen-bond acceptors (Lipinski definition) is 1. The average Bonchev–Trinajstić information content (AvgIpc) is 2.81. The second-order valence-electron chi connectivity index (χ2n) is 6.42. The molecule has 0 aliphatic heterocycles. The van der Waals surface area contributed by atoms with Crippen molar-refractivity contribution in [2.75, 3.05) is 0 Å². The Morgan fingerprint density at radius 2 is 2.14 bits per heavy atom. The van der Waals surface area contributed by atoms with Crippen molar-refractivity contribution >= 4 is 21.7 Å². The second kappa shape index (κ2) is 1.66. The molecule has 0 aromatic carbocycles. The topological polar surface area (TPSA) is 17.1 Å². The SMILES string of the molecule is C[C@@]12[C@@H]3[C@H]4C[C@@H]5[C@@H]3C(=O)[C@H]1[C@H]5[C@H]4[C@@H]2Br. The maximum absolute atomic E-state index is 12.2. The zero-order valence-electron chi connectivity index (χ0n) is 8.11. The summed E-state index contributed by atoms with van der Waals surface area (Å²) < 4.78 is 0. The van der Waals surface area contributed by atoms with Gasteiger partial charge in [-0.3, -0.25) is 4.79 Å². The van der Waals surface area contributed by atoms with Gasteiger partial charge < -0.3 is 0 Å². The van der Waals surface area contributed by atoms with E-state index < -0.39 is 0 Å². The van der Waals surface area contributed by atoms with Crippen molar-refractivity contribution in [1.82, 2.24) is 0 Å². The van der Waals surface area contributed by atoms with Crippen LogP contribution in [0.15, 0.2) is 0 Å². The van der Waals surface area contributed by atoms with Crippen LogP contribution in [0.1, 0.15) is 13.3 Å². The molecule has 6 aliphatic rings. The van der Waals surface area contributed by atoms with Crippen molar-refractivity contribution in [3.8, 4) is 0 Å². The van der Waals surface area contributed by atoms with Gasteiger partial charge in [0.25, 0.3) is 0 Å². The molecule has 6 rings (SSSR count). The standard InChI is InChI=1S/C12H13BrO/c1-12-8-4-2-3-5(6(4)11(12)13)9(12)10(14)7(3)8/h3-9,11H,2H2,1H3/t3-,4-,5+,6-,7-,8+,9+,11-,12+/m0/s1. The Labute approximate surface area is 91.8 Å². The first-order chi connectivity index (χ1) is 6.67. The first-order valence-electron chi connectivity index (χ1n) is 5.85. The van der Waals surface area contributed by atoms with Crippen LogP contribution in [0.2, 0.25) is 0 Å². The minimum atomic E-state index is 0.370. The highest BCUT2D eigenvalue weighted by molar-refractivity contribution is 9.09. The molecule has 14 heavy (non-hydrogen) atoms. The molecule has 2 heteroatoms. The third kappa shape index (κ3) is 0.391. The van der Waals surface area contributed by atoms with Gasteiger partial charge >= 0.3 is 0 Å². The number of alkyl halides is 1. The van der Waals surface area contributed by atoms with E-state index in [1.165, 1.54) is 6.42 Å². The van der Waals surface area contributed by atoms with Gasteiger partial charge in [-0.2, -0.15) is 0 Å². The van der Waals surface area contributed by atoms with Gasteiger partial charge in [0.2, 0.25) is 0 Å². The molecule has 0 aromatic heterocycles. The molecule has 0 heterocycles. The number of Topliss-reactive ketones (excluding diaryl/α,β-unsaturated/α-hetero) is 1. The van der Waals surface area contributed by atoms with Crippen molar-refractivity contribution in [1.29, 1.82) is 0 Å². The summed E-state index contributed by atoms with van der Waals surface area (Å²) in [4.78, 5) is 12.9. The normalized spacial score (nSPS) is 80.3. The summed E-state index contributed by atoms with van der Waals surface area (Å²) in [5, 5.41) is 0. The van der Waals surface area contributed by atoms with Crippen LogP contribution in [-0.2, 0) is 4.79 Å². The molecule has 9 atom stereocenters. The van der Waals surface area contributed by atoms with E-state index in [9.17, 15) is 4.79 Å². The van der Waals surface area contributed by atoms with Crippen LogP contribution in [0.25, 0.3) is 0 Å². The molecule has 6 saturated carbocycles. The third-order valence-electron chi connectivity index (χ3n) is 6.63. The fourth-order valence-electron chi connectivity index (χ4n) is 6.72.